The zero-order valence-electron chi connectivity index (χ0n) is 12.2. The van der Waals surface area contributed by atoms with E-state index in [1.54, 1.807) is 0 Å². The van der Waals surface area contributed by atoms with Gasteiger partial charge in [0.25, 0.3) is 0 Å². The Kier molecular flexibility index (Phi) is 6.59. The summed E-state index contributed by atoms with van der Waals surface area (Å²) in [6.07, 6.45) is 6.00. The molecule has 0 atom stereocenters. The highest BCUT2D eigenvalue weighted by molar-refractivity contribution is 5.78. The van der Waals surface area contributed by atoms with Crippen molar-refractivity contribution in [2.45, 2.75) is 33.6 Å². The minimum Gasteiger partial charge on any atom is -0.253 e. The van der Waals surface area contributed by atoms with E-state index in [0.717, 1.165) is 24.1 Å². The number of hydrogen-bond acceptors (Lipinski definition) is 1. The van der Waals surface area contributed by atoms with E-state index in [0.29, 0.717) is 0 Å². The third-order valence-corrected chi connectivity index (χ3v) is 2.96. The zero-order valence-corrected chi connectivity index (χ0v) is 12.2. The number of rotatable bonds is 4. The molecule has 0 saturated carbocycles. The number of benzene rings is 1. The Morgan fingerprint density at radius 3 is 2.58 bits per heavy atom. The summed E-state index contributed by atoms with van der Waals surface area (Å²) in [5.74, 6) is 0. The van der Waals surface area contributed by atoms with Crippen LogP contribution in [-0.4, -0.2) is 4.98 Å². The highest BCUT2D eigenvalue weighted by atomic mass is 14.7. The molecule has 0 aliphatic heterocycles. The van der Waals surface area contributed by atoms with Gasteiger partial charge in [-0.05, 0) is 31.9 Å². The number of fused-ring (bicyclic) bond motifs is 1. The van der Waals surface area contributed by atoms with Crippen molar-refractivity contribution in [3.63, 3.8) is 0 Å². The van der Waals surface area contributed by atoms with Gasteiger partial charge in [-0.15, -0.1) is 0 Å². The molecule has 19 heavy (non-hydrogen) atoms. The maximum absolute atomic E-state index is 4.65. The molecule has 1 heterocycles. The molecule has 0 spiro atoms. The van der Waals surface area contributed by atoms with Gasteiger partial charge < -0.3 is 0 Å². The molecule has 0 aliphatic rings. The lowest BCUT2D eigenvalue weighted by molar-refractivity contribution is 0.925. The first-order valence-corrected chi connectivity index (χ1v) is 6.96. The summed E-state index contributed by atoms with van der Waals surface area (Å²) in [6.45, 7) is 9.85. The molecule has 2 aromatic rings. The summed E-state index contributed by atoms with van der Waals surface area (Å²) in [5, 5.41) is 1.20. The van der Waals surface area contributed by atoms with Crippen molar-refractivity contribution in [1.82, 2.24) is 4.98 Å². The first-order chi connectivity index (χ1) is 9.33. The second-order valence-corrected chi connectivity index (χ2v) is 4.06. The van der Waals surface area contributed by atoms with Gasteiger partial charge in [-0.2, -0.15) is 0 Å². The Hall–Kier alpha value is -1.89. The Labute approximate surface area is 116 Å². The Balaban J connectivity index is 0.000000861. The molecule has 1 heteroatoms. The van der Waals surface area contributed by atoms with Gasteiger partial charge in [0.05, 0.1) is 5.52 Å². The van der Waals surface area contributed by atoms with Crippen LogP contribution in [0.5, 0.6) is 0 Å². The predicted octanol–water partition coefficient (Wildman–Crippen LogP) is 5.33. The van der Waals surface area contributed by atoms with Crippen molar-refractivity contribution >= 4 is 10.9 Å². The monoisotopic (exact) mass is 253 g/mol. The fraction of sp³-hybridized carbons (Fsp3) is 0.278. The number of nitrogens with zero attached hydrogens (tertiary/aromatic N) is 1. The van der Waals surface area contributed by atoms with Crippen LogP contribution in [-0.2, 0) is 6.42 Å². The molecule has 0 unspecified atom stereocenters. The van der Waals surface area contributed by atoms with Gasteiger partial charge in [-0.25, -0.2) is 0 Å². The average molecular weight is 253 g/mol. The number of aryl methyl sites for hydroxylation is 1. The van der Waals surface area contributed by atoms with Crippen LogP contribution in [0, 0.1) is 0 Å². The van der Waals surface area contributed by atoms with Gasteiger partial charge >= 0.3 is 0 Å². The second-order valence-electron chi connectivity index (χ2n) is 4.06. The van der Waals surface area contributed by atoms with Crippen LogP contribution >= 0.6 is 0 Å². The molecule has 0 N–H and O–H groups in total. The van der Waals surface area contributed by atoms with Crippen LogP contribution in [0.15, 0.2) is 60.7 Å². The molecule has 1 aromatic carbocycles. The van der Waals surface area contributed by atoms with Gasteiger partial charge in [0.15, 0.2) is 0 Å². The molecule has 100 valence electrons. The van der Waals surface area contributed by atoms with E-state index in [1.165, 1.54) is 11.0 Å². The largest absolute Gasteiger partial charge is 0.253 e. The van der Waals surface area contributed by atoms with Gasteiger partial charge in [-0.1, -0.05) is 62.4 Å². The van der Waals surface area contributed by atoms with E-state index < -0.39 is 0 Å². The van der Waals surface area contributed by atoms with Crippen LogP contribution in [0.3, 0.4) is 0 Å². The second kappa shape index (κ2) is 8.25. The van der Waals surface area contributed by atoms with Crippen LogP contribution < -0.4 is 0 Å². The molecule has 0 amide bonds. The topological polar surface area (TPSA) is 12.9 Å². The number of aromatic nitrogens is 1. The van der Waals surface area contributed by atoms with Crippen molar-refractivity contribution in [1.29, 1.82) is 0 Å². The van der Waals surface area contributed by atoms with Gasteiger partial charge in [-0.3, -0.25) is 4.98 Å². The minimum absolute atomic E-state index is 0.969. The summed E-state index contributed by atoms with van der Waals surface area (Å²) in [7, 11) is 0. The Morgan fingerprint density at radius 1 is 1.16 bits per heavy atom. The van der Waals surface area contributed by atoms with Gasteiger partial charge in [0.2, 0.25) is 0 Å². The smallest absolute Gasteiger partial charge is 0.0705 e. The van der Waals surface area contributed by atoms with Gasteiger partial charge in [0, 0.05) is 11.1 Å². The standard InChI is InChI=1S/C16H17N.C2H6/c1-3-13(4-2)9-11-15-12-10-14-7-5-6-8-16(14)17-15;1-2/h3-8,10,12H,1,9,11H2,2H3;1-2H3/b13-4+;. The molecule has 2 rings (SSSR count). The molecule has 0 fully saturated rings. The quantitative estimate of drug-likeness (QED) is 0.671. The van der Waals surface area contributed by atoms with Crippen molar-refractivity contribution in [3.05, 3.63) is 66.4 Å². The first-order valence-electron chi connectivity index (χ1n) is 6.96. The SMILES string of the molecule is C=C/C(=C\C)CCc1ccc2ccccc2n1.CC. The lowest BCUT2D eigenvalue weighted by atomic mass is 10.1. The fourth-order valence-electron chi connectivity index (χ4n) is 1.88. The summed E-state index contributed by atoms with van der Waals surface area (Å²) in [4.78, 5) is 4.65. The van der Waals surface area contributed by atoms with E-state index >= 15 is 0 Å². The lowest BCUT2D eigenvalue weighted by Gasteiger charge is -2.03. The predicted molar refractivity (Wildman–Crippen MR) is 85.4 cm³/mol. The zero-order chi connectivity index (χ0) is 14.1. The minimum atomic E-state index is 0.969. The molecule has 0 radical (unpaired) electrons. The lowest BCUT2D eigenvalue weighted by Crippen LogP contribution is -1.92. The number of pyridine rings is 1. The molecule has 0 aliphatic carbocycles. The summed E-state index contributed by atoms with van der Waals surface area (Å²) >= 11 is 0. The Morgan fingerprint density at radius 2 is 1.89 bits per heavy atom. The highest BCUT2D eigenvalue weighted by Crippen LogP contribution is 2.14. The van der Waals surface area contributed by atoms with E-state index in [4.69, 9.17) is 0 Å². The van der Waals surface area contributed by atoms with Crippen molar-refractivity contribution in [2.75, 3.05) is 0 Å². The van der Waals surface area contributed by atoms with Crippen LogP contribution in [0.4, 0.5) is 0 Å². The van der Waals surface area contributed by atoms with Gasteiger partial charge in [0.1, 0.15) is 0 Å². The maximum atomic E-state index is 4.65. The van der Waals surface area contributed by atoms with Crippen molar-refractivity contribution in [3.8, 4) is 0 Å². The molecular weight excluding hydrogens is 230 g/mol. The summed E-state index contributed by atoms with van der Waals surface area (Å²) in [5.41, 5.74) is 3.50. The maximum Gasteiger partial charge on any atom is 0.0705 e. The molecule has 0 bridgehead atoms. The first kappa shape index (κ1) is 15.2. The highest BCUT2D eigenvalue weighted by Gasteiger charge is 1.99. The fourth-order valence-corrected chi connectivity index (χ4v) is 1.88. The van der Waals surface area contributed by atoms with Crippen LogP contribution in [0.25, 0.3) is 10.9 Å². The number of allylic oxidation sites excluding steroid dienone is 3. The number of para-hydroxylation sites is 1. The molecular formula is C18H23N. The van der Waals surface area contributed by atoms with E-state index in [9.17, 15) is 0 Å². The normalized spacial score (nSPS) is 10.8. The third-order valence-electron chi connectivity index (χ3n) is 2.96. The van der Waals surface area contributed by atoms with E-state index in [-0.39, 0.29) is 0 Å². The Bertz CT molecular complexity index is 552. The van der Waals surface area contributed by atoms with E-state index in [1.807, 2.05) is 39.0 Å². The summed E-state index contributed by atoms with van der Waals surface area (Å²) in [6, 6.07) is 12.5. The third kappa shape index (κ3) is 4.36. The number of hydrogen-bond donors (Lipinski definition) is 0. The summed E-state index contributed by atoms with van der Waals surface area (Å²) < 4.78 is 0. The van der Waals surface area contributed by atoms with Crippen molar-refractivity contribution in [2.24, 2.45) is 0 Å². The van der Waals surface area contributed by atoms with Crippen LogP contribution in [0.1, 0.15) is 32.9 Å². The van der Waals surface area contributed by atoms with E-state index in [2.05, 4.69) is 41.9 Å². The van der Waals surface area contributed by atoms with Crippen LogP contribution in [0.2, 0.25) is 0 Å². The average Bonchev–Trinajstić information content (AvgIpc) is 2.50. The molecule has 1 aromatic heterocycles. The van der Waals surface area contributed by atoms with Crippen molar-refractivity contribution < 1.29 is 0 Å². The molecule has 0 saturated heterocycles. The molecule has 1 nitrogen and oxygen atoms in total.